The lowest BCUT2D eigenvalue weighted by Crippen LogP contribution is -2.07. The van der Waals surface area contributed by atoms with Crippen LogP contribution in [0.3, 0.4) is 0 Å². The van der Waals surface area contributed by atoms with Crippen LogP contribution in [-0.2, 0) is 6.42 Å². The van der Waals surface area contributed by atoms with Gasteiger partial charge >= 0.3 is 0 Å². The first-order valence-electron chi connectivity index (χ1n) is 6.15. The largest absolute Gasteiger partial charge is 0.378 e. The number of rotatable bonds is 4. The zero-order chi connectivity index (χ0) is 13.0. The maximum atomic E-state index is 13.1. The van der Waals surface area contributed by atoms with Gasteiger partial charge in [0.2, 0.25) is 0 Å². The summed E-state index contributed by atoms with van der Waals surface area (Å²) in [7, 11) is 0. The molecule has 0 bridgehead atoms. The van der Waals surface area contributed by atoms with E-state index in [4.69, 9.17) is 0 Å². The molecule has 1 N–H and O–H groups in total. The molecule has 1 aromatic carbocycles. The van der Waals surface area contributed by atoms with Gasteiger partial charge in [-0.25, -0.2) is 4.39 Å². The molecule has 0 aliphatic rings. The maximum Gasteiger partial charge on any atom is 0.141 e. The van der Waals surface area contributed by atoms with Gasteiger partial charge in [0, 0.05) is 11.9 Å². The Bertz CT molecular complexity index is 525. The SMILES string of the molecule is CCc1cccc(NC(C)c2cncc(F)c2)c1. The van der Waals surface area contributed by atoms with Crippen molar-refractivity contribution in [1.82, 2.24) is 4.98 Å². The molecule has 0 amide bonds. The molecular formula is C15H17FN2. The van der Waals surface area contributed by atoms with E-state index in [0.29, 0.717) is 0 Å². The highest BCUT2D eigenvalue weighted by molar-refractivity contribution is 5.47. The number of benzene rings is 1. The first-order valence-corrected chi connectivity index (χ1v) is 6.15. The quantitative estimate of drug-likeness (QED) is 0.880. The summed E-state index contributed by atoms with van der Waals surface area (Å²) in [6.07, 6.45) is 3.91. The smallest absolute Gasteiger partial charge is 0.141 e. The first-order chi connectivity index (χ1) is 8.69. The Morgan fingerprint density at radius 1 is 1.28 bits per heavy atom. The second kappa shape index (κ2) is 5.63. The van der Waals surface area contributed by atoms with Crippen molar-refractivity contribution in [2.24, 2.45) is 0 Å². The lowest BCUT2D eigenvalue weighted by molar-refractivity contribution is 0.616. The molecule has 1 unspecified atom stereocenters. The summed E-state index contributed by atoms with van der Waals surface area (Å²) in [5.41, 5.74) is 3.17. The third kappa shape index (κ3) is 3.06. The van der Waals surface area contributed by atoms with Crippen LogP contribution in [0.15, 0.2) is 42.7 Å². The van der Waals surface area contributed by atoms with Crippen molar-refractivity contribution in [3.05, 3.63) is 59.7 Å². The Hall–Kier alpha value is -1.90. The molecule has 0 saturated heterocycles. The predicted octanol–water partition coefficient (Wildman–Crippen LogP) is 3.96. The second-order valence-electron chi connectivity index (χ2n) is 4.36. The van der Waals surface area contributed by atoms with E-state index in [1.807, 2.05) is 19.1 Å². The van der Waals surface area contributed by atoms with Crippen LogP contribution in [-0.4, -0.2) is 4.98 Å². The molecule has 18 heavy (non-hydrogen) atoms. The van der Waals surface area contributed by atoms with E-state index in [-0.39, 0.29) is 11.9 Å². The van der Waals surface area contributed by atoms with Crippen LogP contribution >= 0.6 is 0 Å². The standard InChI is InChI=1S/C15H17FN2/c1-3-12-5-4-6-15(7-12)18-11(2)13-8-14(16)10-17-9-13/h4-11,18H,3H2,1-2H3. The zero-order valence-corrected chi connectivity index (χ0v) is 10.7. The second-order valence-corrected chi connectivity index (χ2v) is 4.36. The molecule has 2 aromatic rings. The van der Waals surface area contributed by atoms with Gasteiger partial charge in [-0.1, -0.05) is 19.1 Å². The minimum atomic E-state index is -0.302. The van der Waals surface area contributed by atoms with Crippen molar-refractivity contribution < 1.29 is 4.39 Å². The molecule has 2 nitrogen and oxygen atoms in total. The first kappa shape index (κ1) is 12.6. The Kier molecular flexibility index (Phi) is 3.92. The fraction of sp³-hybridized carbons (Fsp3) is 0.267. The summed E-state index contributed by atoms with van der Waals surface area (Å²) in [5.74, 6) is -0.302. The number of hydrogen-bond donors (Lipinski definition) is 1. The summed E-state index contributed by atoms with van der Waals surface area (Å²) in [6.45, 7) is 4.12. The van der Waals surface area contributed by atoms with E-state index in [0.717, 1.165) is 17.7 Å². The molecule has 1 atom stereocenters. The van der Waals surface area contributed by atoms with E-state index in [2.05, 4.69) is 29.4 Å². The van der Waals surface area contributed by atoms with E-state index >= 15 is 0 Å². The molecule has 0 fully saturated rings. The van der Waals surface area contributed by atoms with E-state index in [1.165, 1.54) is 17.8 Å². The van der Waals surface area contributed by atoms with Crippen LogP contribution < -0.4 is 5.32 Å². The number of hydrogen-bond acceptors (Lipinski definition) is 2. The van der Waals surface area contributed by atoms with Gasteiger partial charge in [-0.15, -0.1) is 0 Å². The molecule has 0 aliphatic carbocycles. The Morgan fingerprint density at radius 2 is 2.11 bits per heavy atom. The van der Waals surface area contributed by atoms with Crippen LogP contribution in [0, 0.1) is 5.82 Å². The van der Waals surface area contributed by atoms with Crippen LogP contribution in [0.25, 0.3) is 0 Å². The van der Waals surface area contributed by atoms with E-state index < -0.39 is 0 Å². The summed E-state index contributed by atoms with van der Waals surface area (Å²) in [4.78, 5) is 3.87. The summed E-state index contributed by atoms with van der Waals surface area (Å²) < 4.78 is 13.1. The molecular weight excluding hydrogens is 227 g/mol. The maximum absolute atomic E-state index is 13.1. The highest BCUT2D eigenvalue weighted by atomic mass is 19.1. The molecule has 0 saturated carbocycles. The fourth-order valence-electron chi connectivity index (χ4n) is 1.88. The molecule has 1 heterocycles. The van der Waals surface area contributed by atoms with E-state index in [1.54, 1.807) is 6.20 Å². The lowest BCUT2D eigenvalue weighted by atomic mass is 10.1. The molecule has 2 rings (SSSR count). The Balaban J connectivity index is 2.13. The molecule has 0 radical (unpaired) electrons. The van der Waals surface area contributed by atoms with Crippen molar-refractivity contribution >= 4 is 5.69 Å². The minimum Gasteiger partial charge on any atom is -0.378 e. The van der Waals surface area contributed by atoms with Gasteiger partial charge in [0.15, 0.2) is 0 Å². The fourth-order valence-corrected chi connectivity index (χ4v) is 1.88. The van der Waals surface area contributed by atoms with Crippen molar-refractivity contribution in [1.29, 1.82) is 0 Å². The van der Waals surface area contributed by atoms with Crippen LogP contribution in [0.5, 0.6) is 0 Å². The highest BCUT2D eigenvalue weighted by Crippen LogP contribution is 2.20. The van der Waals surface area contributed by atoms with Gasteiger partial charge in [0.05, 0.1) is 12.2 Å². The van der Waals surface area contributed by atoms with Crippen molar-refractivity contribution in [2.45, 2.75) is 26.3 Å². The van der Waals surface area contributed by atoms with Crippen LogP contribution in [0.2, 0.25) is 0 Å². The van der Waals surface area contributed by atoms with Gasteiger partial charge in [0.25, 0.3) is 0 Å². The number of halogens is 1. The number of anilines is 1. The van der Waals surface area contributed by atoms with Crippen LogP contribution in [0.4, 0.5) is 10.1 Å². The average Bonchev–Trinajstić information content (AvgIpc) is 2.39. The van der Waals surface area contributed by atoms with Gasteiger partial charge in [-0.2, -0.15) is 0 Å². The average molecular weight is 244 g/mol. The highest BCUT2D eigenvalue weighted by Gasteiger charge is 2.06. The van der Waals surface area contributed by atoms with Gasteiger partial charge < -0.3 is 5.32 Å². The molecule has 1 aromatic heterocycles. The van der Waals surface area contributed by atoms with Crippen molar-refractivity contribution in [3.8, 4) is 0 Å². The molecule has 94 valence electrons. The van der Waals surface area contributed by atoms with E-state index in [9.17, 15) is 4.39 Å². The number of aryl methyl sites for hydroxylation is 1. The van der Waals surface area contributed by atoms with Crippen molar-refractivity contribution in [3.63, 3.8) is 0 Å². The number of nitrogens with one attached hydrogen (secondary N) is 1. The van der Waals surface area contributed by atoms with Gasteiger partial charge in [-0.05, 0) is 42.7 Å². The molecule has 0 aliphatic heterocycles. The summed E-state index contributed by atoms with van der Waals surface area (Å²) in [5, 5.41) is 3.35. The van der Waals surface area contributed by atoms with Gasteiger partial charge in [0.1, 0.15) is 5.82 Å². The monoisotopic (exact) mass is 244 g/mol. The number of pyridine rings is 1. The molecule has 0 spiro atoms. The lowest BCUT2D eigenvalue weighted by Gasteiger charge is -2.16. The minimum absolute atomic E-state index is 0.0281. The molecule has 3 heteroatoms. The number of aromatic nitrogens is 1. The number of nitrogens with zero attached hydrogens (tertiary/aromatic N) is 1. The Morgan fingerprint density at radius 3 is 2.83 bits per heavy atom. The summed E-state index contributed by atoms with van der Waals surface area (Å²) in [6, 6.07) is 9.79. The van der Waals surface area contributed by atoms with Gasteiger partial charge in [-0.3, -0.25) is 4.98 Å². The predicted molar refractivity (Wildman–Crippen MR) is 72.1 cm³/mol. The third-order valence-corrected chi connectivity index (χ3v) is 2.94. The topological polar surface area (TPSA) is 24.9 Å². The Labute approximate surface area is 107 Å². The van der Waals surface area contributed by atoms with Crippen LogP contribution in [0.1, 0.15) is 31.0 Å². The summed E-state index contributed by atoms with van der Waals surface area (Å²) >= 11 is 0. The zero-order valence-electron chi connectivity index (χ0n) is 10.7. The normalized spacial score (nSPS) is 12.2. The van der Waals surface area contributed by atoms with Crippen molar-refractivity contribution in [2.75, 3.05) is 5.32 Å². The third-order valence-electron chi connectivity index (χ3n) is 2.94.